The number of nitrogens with one attached hydrogen (secondary N) is 1. The molecule has 0 amide bonds. The van der Waals surface area contributed by atoms with Gasteiger partial charge in [0.05, 0.1) is 12.6 Å². The third kappa shape index (κ3) is 4.18. The van der Waals surface area contributed by atoms with E-state index in [9.17, 15) is 0 Å². The van der Waals surface area contributed by atoms with Crippen LogP contribution in [0.1, 0.15) is 40.0 Å². The Bertz CT molecular complexity index is 181. The van der Waals surface area contributed by atoms with E-state index in [1.165, 1.54) is 0 Å². The van der Waals surface area contributed by atoms with Crippen LogP contribution in [0.5, 0.6) is 0 Å². The molecule has 0 aromatic rings. The van der Waals surface area contributed by atoms with Crippen LogP contribution < -0.4 is 5.73 Å². The van der Waals surface area contributed by atoms with Gasteiger partial charge in [0.25, 0.3) is 0 Å². The van der Waals surface area contributed by atoms with Gasteiger partial charge < -0.3 is 10.8 Å². The van der Waals surface area contributed by atoms with Crippen molar-refractivity contribution in [2.45, 2.75) is 52.1 Å². The molecule has 1 atom stereocenters. The van der Waals surface area contributed by atoms with Crippen LogP contribution >= 0.6 is 0 Å². The molecule has 0 heterocycles. The number of nitrogens with zero attached hydrogens (tertiary/aromatic N) is 1. The van der Waals surface area contributed by atoms with Crippen molar-refractivity contribution in [3.8, 4) is 0 Å². The Balaban J connectivity index is 4.65. The maximum Gasteiger partial charge on any atom is 0.108 e. The van der Waals surface area contributed by atoms with Crippen molar-refractivity contribution in [2.24, 2.45) is 5.73 Å². The van der Waals surface area contributed by atoms with Gasteiger partial charge in [0.1, 0.15) is 5.84 Å². The molecular formula is C11H25N3O. The van der Waals surface area contributed by atoms with E-state index in [1.807, 2.05) is 6.92 Å². The van der Waals surface area contributed by atoms with Gasteiger partial charge in [-0.3, -0.25) is 10.3 Å². The maximum absolute atomic E-state index is 9.05. The highest BCUT2D eigenvalue weighted by molar-refractivity contribution is 5.82. The van der Waals surface area contributed by atoms with Crippen LogP contribution in [-0.2, 0) is 0 Å². The Morgan fingerprint density at radius 3 is 2.07 bits per heavy atom. The minimum atomic E-state index is -0.0259. The number of aliphatic hydroxyl groups is 1. The lowest BCUT2D eigenvalue weighted by molar-refractivity contribution is 0.121. The summed E-state index contributed by atoms with van der Waals surface area (Å²) < 4.78 is 0. The summed E-state index contributed by atoms with van der Waals surface area (Å²) in [5.74, 6) is 0.206. The minimum absolute atomic E-state index is 0.0259. The Hall–Kier alpha value is -0.610. The molecule has 0 saturated heterocycles. The molecule has 0 radical (unpaired) electrons. The quantitative estimate of drug-likeness (QED) is 0.420. The van der Waals surface area contributed by atoms with Gasteiger partial charge >= 0.3 is 0 Å². The first kappa shape index (κ1) is 14.4. The van der Waals surface area contributed by atoms with Gasteiger partial charge in [-0.05, 0) is 19.3 Å². The lowest BCUT2D eigenvalue weighted by Gasteiger charge is -2.36. The molecule has 4 heteroatoms. The summed E-state index contributed by atoms with van der Waals surface area (Å²) in [7, 11) is 0. The molecule has 0 rings (SSSR count). The van der Waals surface area contributed by atoms with Crippen molar-refractivity contribution in [3.63, 3.8) is 0 Å². The van der Waals surface area contributed by atoms with Crippen molar-refractivity contribution in [1.29, 1.82) is 5.41 Å². The van der Waals surface area contributed by atoms with E-state index in [0.717, 1.165) is 19.3 Å². The average Bonchev–Trinajstić information content (AvgIpc) is 2.20. The number of rotatable bonds is 8. The van der Waals surface area contributed by atoms with Crippen LogP contribution in [-0.4, -0.2) is 41.1 Å². The van der Waals surface area contributed by atoms with E-state index in [-0.39, 0.29) is 18.5 Å². The lowest BCUT2D eigenvalue weighted by atomic mass is 10.0. The molecule has 0 spiro atoms. The van der Waals surface area contributed by atoms with Gasteiger partial charge in [0, 0.05) is 12.6 Å². The molecular weight excluding hydrogens is 190 g/mol. The molecule has 1 unspecified atom stereocenters. The largest absolute Gasteiger partial charge is 0.395 e. The topological polar surface area (TPSA) is 73.3 Å². The van der Waals surface area contributed by atoms with Gasteiger partial charge in [0.15, 0.2) is 0 Å². The number of aliphatic hydroxyl groups excluding tert-OH is 1. The highest BCUT2D eigenvalue weighted by atomic mass is 16.3. The Morgan fingerprint density at radius 2 is 1.80 bits per heavy atom. The summed E-state index contributed by atoms with van der Waals surface area (Å²) in [5, 5.41) is 16.6. The Labute approximate surface area is 93.0 Å². The average molecular weight is 215 g/mol. The highest BCUT2D eigenvalue weighted by Gasteiger charge is 2.24. The lowest BCUT2D eigenvalue weighted by Crippen LogP contribution is -2.50. The number of nitrogens with two attached hydrogens (primary N) is 1. The molecule has 90 valence electrons. The summed E-state index contributed by atoms with van der Waals surface area (Å²) in [6.45, 7) is 7.01. The standard InChI is InChI=1S/C11H25N3O/c1-4-9(5-2)14(7-8-15)10(6-3)11(12)13/h9-10,15H,4-8H2,1-3H3,(H3,12,13). The van der Waals surface area contributed by atoms with Crippen LogP contribution in [0, 0.1) is 5.41 Å². The molecule has 0 aromatic heterocycles. The van der Waals surface area contributed by atoms with E-state index >= 15 is 0 Å². The molecule has 0 saturated carbocycles. The monoisotopic (exact) mass is 215 g/mol. The Kier molecular flexibility index (Phi) is 7.34. The third-order valence-corrected chi connectivity index (χ3v) is 2.92. The van der Waals surface area contributed by atoms with Crippen molar-refractivity contribution < 1.29 is 5.11 Å². The van der Waals surface area contributed by atoms with Gasteiger partial charge in [-0.2, -0.15) is 0 Å². The van der Waals surface area contributed by atoms with E-state index in [0.29, 0.717) is 12.6 Å². The second-order valence-electron chi connectivity index (χ2n) is 3.81. The van der Waals surface area contributed by atoms with Gasteiger partial charge in [-0.15, -0.1) is 0 Å². The van der Waals surface area contributed by atoms with E-state index in [1.54, 1.807) is 0 Å². The fourth-order valence-electron chi connectivity index (χ4n) is 2.10. The number of amidine groups is 1. The first-order valence-electron chi connectivity index (χ1n) is 5.82. The minimum Gasteiger partial charge on any atom is -0.395 e. The zero-order chi connectivity index (χ0) is 11.8. The van der Waals surface area contributed by atoms with Crippen LogP contribution in [0.4, 0.5) is 0 Å². The summed E-state index contributed by atoms with van der Waals surface area (Å²) in [6.07, 6.45) is 2.88. The molecule has 15 heavy (non-hydrogen) atoms. The second kappa shape index (κ2) is 7.65. The van der Waals surface area contributed by atoms with Crippen molar-refractivity contribution in [1.82, 2.24) is 4.90 Å². The third-order valence-electron chi connectivity index (χ3n) is 2.92. The molecule has 4 nitrogen and oxygen atoms in total. The van der Waals surface area contributed by atoms with E-state index in [2.05, 4.69) is 18.7 Å². The predicted molar refractivity (Wildman–Crippen MR) is 64.2 cm³/mol. The van der Waals surface area contributed by atoms with Crippen LogP contribution in [0.3, 0.4) is 0 Å². The fraction of sp³-hybridized carbons (Fsp3) is 0.909. The molecule has 0 aliphatic heterocycles. The summed E-state index contributed by atoms with van der Waals surface area (Å²) in [4.78, 5) is 2.16. The number of hydrogen-bond acceptors (Lipinski definition) is 3. The fourth-order valence-corrected chi connectivity index (χ4v) is 2.10. The summed E-state index contributed by atoms with van der Waals surface area (Å²) in [5.41, 5.74) is 5.59. The van der Waals surface area contributed by atoms with Crippen molar-refractivity contribution in [2.75, 3.05) is 13.2 Å². The SMILES string of the molecule is CCC(CC)N(CCO)C(CC)C(=N)N. The molecule has 4 N–H and O–H groups in total. The molecule has 0 bridgehead atoms. The zero-order valence-corrected chi connectivity index (χ0v) is 10.2. The van der Waals surface area contributed by atoms with Gasteiger partial charge in [0.2, 0.25) is 0 Å². The Morgan fingerprint density at radius 1 is 1.27 bits per heavy atom. The normalized spacial score (nSPS) is 13.5. The first-order chi connectivity index (χ1) is 7.12. The molecule has 0 aliphatic rings. The molecule has 0 aliphatic carbocycles. The summed E-state index contributed by atoms with van der Waals surface area (Å²) in [6, 6.07) is 0.382. The van der Waals surface area contributed by atoms with Crippen LogP contribution in [0.25, 0.3) is 0 Å². The van der Waals surface area contributed by atoms with E-state index < -0.39 is 0 Å². The van der Waals surface area contributed by atoms with E-state index in [4.69, 9.17) is 16.2 Å². The second-order valence-corrected chi connectivity index (χ2v) is 3.81. The highest BCUT2D eigenvalue weighted by Crippen LogP contribution is 2.14. The van der Waals surface area contributed by atoms with Crippen molar-refractivity contribution >= 4 is 5.84 Å². The first-order valence-corrected chi connectivity index (χ1v) is 5.82. The van der Waals surface area contributed by atoms with Crippen LogP contribution in [0.2, 0.25) is 0 Å². The molecule has 0 aromatic carbocycles. The summed E-state index contributed by atoms with van der Waals surface area (Å²) >= 11 is 0. The van der Waals surface area contributed by atoms with Gasteiger partial charge in [-0.1, -0.05) is 20.8 Å². The molecule has 0 fully saturated rings. The zero-order valence-electron chi connectivity index (χ0n) is 10.2. The number of hydrogen-bond donors (Lipinski definition) is 3. The maximum atomic E-state index is 9.05. The van der Waals surface area contributed by atoms with Crippen LogP contribution in [0.15, 0.2) is 0 Å². The van der Waals surface area contributed by atoms with Gasteiger partial charge in [-0.25, -0.2) is 0 Å². The smallest absolute Gasteiger partial charge is 0.108 e. The predicted octanol–water partition coefficient (Wildman–Crippen LogP) is 1.18. The van der Waals surface area contributed by atoms with Crippen molar-refractivity contribution in [3.05, 3.63) is 0 Å².